The van der Waals surface area contributed by atoms with Crippen molar-refractivity contribution >= 4 is 50.5 Å². The van der Waals surface area contributed by atoms with Crippen molar-refractivity contribution in [2.75, 3.05) is 55.9 Å². The normalized spacial score (nSPS) is 22.2. The van der Waals surface area contributed by atoms with Crippen LogP contribution in [0.2, 0.25) is 10.0 Å². The molecule has 0 saturated carbocycles. The summed E-state index contributed by atoms with van der Waals surface area (Å²) in [7, 11) is -3.25. The third kappa shape index (κ3) is 7.55. The first kappa shape index (κ1) is 30.6. The van der Waals surface area contributed by atoms with Crippen molar-refractivity contribution in [3.05, 3.63) is 82.4 Å². The van der Waals surface area contributed by atoms with Gasteiger partial charge in [0.05, 0.1) is 43.5 Å². The van der Waals surface area contributed by atoms with Crippen molar-refractivity contribution in [1.82, 2.24) is 13.9 Å². The molecule has 0 unspecified atom stereocenters. The highest BCUT2D eigenvalue weighted by molar-refractivity contribution is 7.89. The van der Waals surface area contributed by atoms with Crippen molar-refractivity contribution in [2.24, 2.45) is 0 Å². The Bertz CT molecular complexity index is 1380. The zero-order valence-electron chi connectivity index (χ0n) is 22.5. The van der Waals surface area contributed by atoms with Gasteiger partial charge in [0, 0.05) is 60.7 Å². The maximum absolute atomic E-state index is 12.4. The average Bonchev–Trinajstić information content (AvgIpc) is 3.49. The number of benzene rings is 2. The molecule has 2 aliphatic heterocycles. The van der Waals surface area contributed by atoms with Crippen LogP contribution in [-0.2, 0) is 43.2 Å². The summed E-state index contributed by atoms with van der Waals surface area (Å²) in [6, 6.07) is 13.4. The van der Waals surface area contributed by atoms with E-state index in [1.807, 2.05) is 41.1 Å². The number of imidazole rings is 1. The fraction of sp³-hybridized carbons (Fsp3) is 0.464. The van der Waals surface area contributed by atoms with Crippen LogP contribution in [-0.4, -0.2) is 79.4 Å². The van der Waals surface area contributed by atoms with Crippen molar-refractivity contribution in [3.63, 3.8) is 0 Å². The predicted molar refractivity (Wildman–Crippen MR) is 160 cm³/mol. The van der Waals surface area contributed by atoms with E-state index in [-0.39, 0.29) is 11.9 Å². The lowest BCUT2D eigenvalue weighted by Crippen LogP contribution is -2.49. The Morgan fingerprint density at radius 3 is 2.39 bits per heavy atom. The molecule has 1 aromatic heterocycles. The van der Waals surface area contributed by atoms with Gasteiger partial charge in [0.2, 0.25) is 15.8 Å². The second kappa shape index (κ2) is 13.6. The molecule has 0 spiro atoms. The van der Waals surface area contributed by atoms with E-state index < -0.39 is 15.8 Å². The lowest BCUT2D eigenvalue weighted by Gasteiger charge is -2.41. The molecule has 5 rings (SSSR count). The number of rotatable bonds is 11. The molecule has 0 atom stereocenters. The molecule has 13 heteroatoms. The summed E-state index contributed by atoms with van der Waals surface area (Å²) in [5, 5.41) is 0.999. The first-order valence-corrected chi connectivity index (χ1v) is 16.4. The molecule has 222 valence electrons. The fourth-order valence-electron chi connectivity index (χ4n) is 5.00. The average molecular weight is 644 g/mol. The SMILES string of the molecule is O=S(=O)(CCCCl)N1CCN(c2ccc(CO[C@H]3CO[C@@](Cn4ccnc4)(c4ccc(Cl)cc4Cl)OC3)cc2)CC1. The van der Waals surface area contributed by atoms with Crippen molar-refractivity contribution in [1.29, 1.82) is 0 Å². The van der Waals surface area contributed by atoms with E-state index in [1.54, 1.807) is 29.0 Å². The zero-order chi connectivity index (χ0) is 28.9. The standard InChI is InChI=1S/C28H33Cl3N4O5S/c29-8-1-15-41(36,37)35-13-11-34(12-14-35)24-5-2-22(3-6-24)17-38-25-18-39-28(40-19-25,20-33-10-9-32-21-33)26-7-4-23(30)16-27(26)31/h2-7,9-10,16,21,25H,1,8,11-15,17-20H2/t25-,28+. The van der Waals surface area contributed by atoms with E-state index in [0.717, 1.165) is 11.3 Å². The number of hydrogen-bond donors (Lipinski definition) is 0. The number of sulfonamides is 1. The van der Waals surface area contributed by atoms with Crippen LogP contribution in [0.4, 0.5) is 5.69 Å². The van der Waals surface area contributed by atoms with Crippen molar-refractivity contribution in [2.45, 2.75) is 31.5 Å². The number of ether oxygens (including phenoxy) is 3. The second-order valence-electron chi connectivity index (χ2n) is 10.1. The Kier molecular flexibility index (Phi) is 10.1. The molecule has 2 aliphatic rings. The number of alkyl halides is 1. The quantitative estimate of drug-likeness (QED) is 0.279. The summed E-state index contributed by atoms with van der Waals surface area (Å²) in [6.07, 6.45) is 5.46. The zero-order valence-corrected chi connectivity index (χ0v) is 25.6. The Morgan fingerprint density at radius 2 is 1.76 bits per heavy atom. The molecule has 2 saturated heterocycles. The van der Waals surface area contributed by atoms with Gasteiger partial charge in [-0.15, -0.1) is 11.6 Å². The van der Waals surface area contributed by atoms with E-state index in [0.29, 0.717) is 80.5 Å². The van der Waals surface area contributed by atoms with E-state index in [9.17, 15) is 8.42 Å². The minimum Gasteiger partial charge on any atom is -0.369 e. The van der Waals surface area contributed by atoms with Gasteiger partial charge >= 0.3 is 0 Å². The highest BCUT2D eigenvalue weighted by atomic mass is 35.5. The van der Waals surface area contributed by atoms with Crippen LogP contribution in [0.15, 0.2) is 61.2 Å². The summed E-state index contributed by atoms with van der Waals surface area (Å²) in [5.74, 6) is -0.651. The number of nitrogens with zero attached hydrogens (tertiary/aromatic N) is 4. The molecular formula is C28H33Cl3N4O5S. The second-order valence-corrected chi connectivity index (χ2v) is 13.4. The molecule has 3 heterocycles. The van der Waals surface area contributed by atoms with Crippen LogP contribution in [0, 0.1) is 0 Å². The third-order valence-electron chi connectivity index (χ3n) is 7.25. The first-order valence-electron chi connectivity index (χ1n) is 13.5. The number of halogens is 3. The molecule has 0 bridgehead atoms. The molecule has 41 heavy (non-hydrogen) atoms. The maximum Gasteiger partial charge on any atom is 0.215 e. The monoisotopic (exact) mass is 642 g/mol. The first-order chi connectivity index (χ1) is 19.8. The van der Waals surface area contributed by atoms with Crippen molar-refractivity contribution in [3.8, 4) is 0 Å². The highest BCUT2D eigenvalue weighted by Gasteiger charge is 2.42. The molecule has 0 aliphatic carbocycles. The molecular weight excluding hydrogens is 611 g/mol. The van der Waals surface area contributed by atoms with Crippen LogP contribution in [0.5, 0.6) is 0 Å². The molecule has 2 aromatic carbocycles. The van der Waals surface area contributed by atoms with Gasteiger partial charge in [-0.1, -0.05) is 41.4 Å². The van der Waals surface area contributed by atoms with Gasteiger partial charge < -0.3 is 23.7 Å². The lowest BCUT2D eigenvalue weighted by atomic mass is 10.0. The van der Waals surface area contributed by atoms with Crippen LogP contribution >= 0.6 is 34.8 Å². The summed E-state index contributed by atoms with van der Waals surface area (Å²) in [5.41, 5.74) is 2.77. The van der Waals surface area contributed by atoms with E-state index in [4.69, 9.17) is 49.0 Å². The van der Waals surface area contributed by atoms with Gasteiger partial charge in [0.1, 0.15) is 6.10 Å². The Morgan fingerprint density at radius 1 is 1.02 bits per heavy atom. The number of hydrogen-bond acceptors (Lipinski definition) is 7. The molecule has 9 nitrogen and oxygen atoms in total. The lowest BCUT2D eigenvalue weighted by molar-refractivity contribution is -0.313. The van der Waals surface area contributed by atoms with Crippen LogP contribution < -0.4 is 4.90 Å². The molecule has 0 N–H and O–H groups in total. The smallest absolute Gasteiger partial charge is 0.215 e. The minimum absolute atomic E-state index is 0.0999. The van der Waals surface area contributed by atoms with E-state index in [2.05, 4.69) is 9.88 Å². The van der Waals surface area contributed by atoms with Crippen LogP contribution in [0.25, 0.3) is 0 Å². The summed E-state index contributed by atoms with van der Waals surface area (Å²) in [6.45, 7) is 3.65. The minimum atomic E-state index is -3.25. The largest absolute Gasteiger partial charge is 0.369 e. The Hall–Kier alpha value is -1.89. The number of piperazine rings is 1. The molecule has 0 radical (unpaired) electrons. The van der Waals surface area contributed by atoms with Crippen LogP contribution in [0.3, 0.4) is 0 Å². The predicted octanol–water partition coefficient (Wildman–Crippen LogP) is 4.76. The summed E-state index contributed by atoms with van der Waals surface area (Å²) in [4.78, 5) is 6.32. The topological polar surface area (TPSA) is 86.1 Å². The Balaban J connectivity index is 1.14. The van der Waals surface area contributed by atoms with Gasteiger partial charge in [-0.2, -0.15) is 4.31 Å². The van der Waals surface area contributed by atoms with Gasteiger partial charge in [-0.3, -0.25) is 0 Å². The fourth-order valence-corrected chi connectivity index (χ4v) is 7.33. The van der Waals surface area contributed by atoms with E-state index >= 15 is 0 Å². The Labute approximate surface area is 255 Å². The van der Waals surface area contributed by atoms with Crippen molar-refractivity contribution < 1.29 is 22.6 Å². The van der Waals surface area contributed by atoms with Gasteiger partial charge in [-0.05, 0) is 36.2 Å². The number of aromatic nitrogens is 2. The molecule has 2 fully saturated rings. The summed E-state index contributed by atoms with van der Waals surface area (Å²) < 4.78 is 47.1. The number of anilines is 1. The van der Waals surface area contributed by atoms with Gasteiger partial charge in [-0.25, -0.2) is 13.4 Å². The molecule has 3 aromatic rings. The maximum atomic E-state index is 12.4. The van der Waals surface area contributed by atoms with Crippen LogP contribution in [0.1, 0.15) is 17.5 Å². The van der Waals surface area contributed by atoms with Gasteiger partial charge in [0.15, 0.2) is 0 Å². The third-order valence-corrected chi connectivity index (χ3v) is 10.0. The summed E-state index contributed by atoms with van der Waals surface area (Å²) >= 11 is 18.3. The molecule has 0 amide bonds. The van der Waals surface area contributed by atoms with Gasteiger partial charge in [0.25, 0.3) is 0 Å². The highest BCUT2D eigenvalue weighted by Crippen LogP contribution is 2.38. The van der Waals surface area contributed by atoms with E-state index in [1.165, 1.54) is 0 Å².